The third-order valence-corrected chi connectivity index (χ3v) is 8.32. The monoisotopic (exact) mass is 699 g/mol. The first-order chi connectivity index (χ1) is 23.3. The van der Waals surface area contributed by atoms with Gasteiger partial charge < -0.3 is 27.1 Å². The summed E-state index contributed by atoms with van der Waals surface area (Å²) < 4.78 is 54.7. The summed E-state index contributed by atoms with van der Waals surface area (Å²) in [4.78, 5) is 23.5. The summed E-state index contributed by atoms with van der Waals surface area (Å²) in [6.07, 6.45) is -3.65. The van der Waals surface area contributed by atoms with E-state index in [1.165, 1.54) is 4.57 Å². The predicted octanol–water partition coefficient (Wildman–Crippen LogP) is 4.86. The van der Waals surface area contributed by atoms with Gasteiger partial charge in [0.25, 0.3) is 0 Å². The minimum Gasteiger partial charge on any atom is -0.370 e. The van der Waals surface area contributed by atoms with Gasteiger partial charge in [0.05, 0.1) is 12.2 Å². The Bertz CT molecular complexity index is 1780. The van der Waals surface area contributed by atoms with Crippen LogP contribution in [0.3, 0.4) is 0 Å². The zero-order valence-electron chi connectivity index (χ0n) is 29.5. The third kappa shape index (κ3) is 10.6. The van der Waals surface area contributed by atoms with Gasteiger partial charge in [-0.15, -0.1) is 0 Å². The van der Waals surface area contributed by atoms with Gasteiger partial charge in [0, 0.05) is 54.9 Å². The van der Waals surface area contributed by atoms with E-state index in [2.05, 4.69) is 51.7 Å². The fraction of sp³-hybridized carbons (Fsp3) is 0.472. The van der Waals surface area contributed by atoms with Crippen LogP contribution in [0.5, 0.6) is 0 Å². The van der Waals surface area contributed by atoms with E-state index >= 15 is 0 Å². The number of nitrogens with two attached hydrogens (primary N) is 2. The fourth-order valence-corrected chi connectivity index (χ4v) is 5.20. The molecule has 2 aromatic carbocycles. The van der Waals surface area contributed by atoms with Gasteiger partial charge in [-0.05, 0) is 40.3 Å². The fourth-order valence-electron chi connectivity index (χ4n) is 5.20. The van der Waals surface area contributed by atoms with E-state index in [9.17, 15) is 22.4 Å². The second-order valence-electron chi connectivity index (χ2n) is 14.7. The van der Waals surface area contributed by atoms with E-state index in [4.69, 9.17) is 11.5 Å². The molecule has 1 saturated heterocycles. The average molecular weight is 700 g/mol. The Hall–Kier alpha value is -4.27. The summed E-state index contributed by atoms with van der Waals surface area (Å²) in [7, 11) is 0. The predicted molar refractivity (Wildman–Crippen MR) is 191 cm³/mol. The number of nitrogens with zero attached hydrogens (tertiary/aromatic N) is 3. The number of aromatic nitrogens is 3. The van der Waals surface area contributed by atoms with E-state index in [-0.39, 0.29) is 47.2 Å². The van der Waals surface area contributed by atoms with Crippen LogP contribution in [-0.2, 0) is 17.4 Å². The molecule has 1 fully saturated rings. The maximum Gasteiger partial charge on any atom is 0.407 e. The maximum atomic E-state index is 13.7. The van der Waals surface area contributed by atoms with Crippen LogP contribution in [0.2, 0.25) is 0 Å². The number of nitrogens with one attached hydrogen (secondary N) is 4. The second-order valence-corrected chi connectivity index (χ2v) is 14.7. The van der Waals surface area contributed by atoms with Crippen LogP contribution < -0.4 is 33.1 Å². The van der Waals surface area contributed by atoms with Crippen molar-refractivity contribution in [2.75, 3.05) is 26.2 Å². The maximum absolute atomic E-state index is 13.7. The molecule has 272 valence electrons. The van der Waals surface area contributed by atoms with Gasteiger partial charge in [-0.2, -0.15) is 18.2 Å². The highest BCUT2D eigenvalue weighted by Crippen LogP contribution is 2.34. The number of hydrogen-bond acceptors (Lipinski definition) is 6. The molecule has 14 heteroatoms. The number of fused-ring (bicyclic) bond motifs is 1. The van der Waals surface area contributed by atoms with Gasteiger partial charge >= 0.3 is 11.9 Å². The minimum absolute atomic E-state index is 0.0580. The Kier molecular flexibility index (Phi) is 12.1. The van der Waals surface area contributed by atoms with Crippen molar-refractivity contribution in [3.05, 3.63) is 93.7 Å². The number of aromatic amines is 1. The summed E-state index contributed by atoms with van der Waals surface area (Å²) in [6.45, 7) is 14.2. The summed E-state index contributed by atoms with van der Waals surface area (Å²) in [6, 6.07) is 14.5. The molecule has 0 amide bonds. The topological polar surface area (TPSA) is 151 Å². The van der Waals surface area contributed by atoms with Crippen LogP contribution in [0.4, 0.5) is 17.6 Å². The zero-order chi connectivity index (χ0) is 36.9. The average Bonchev–Trinajstić information content (AvgIpc) is 3.43. The highest BCUT2D eigenvalue weighted by molar-refractivity contribution is 5.76. The second kappa shape index (κ2) is 15.7. The first-order valence-corrected chi connectivity index (χ1v) is 16.6. The molecule has 0 bridgehead atoms. The zero-order valence-corrected chi connectivity index (χ0v) is 29.5. The lowest BCUT2D eigenvalue weighted by molar-refractivity contribution is -0.160. The van der Waals surface area contributed by atoms with Crippen LogP contribution in [0.1, 0.15) is 70.0 Å². The van der Waals surface area contributed by atoms with Gasteiger partial charge in [0.1, 0.15) is 17.9 Å². The molecule has 4 aromatic rings. The molecule has 10 nitrogen and oxygen atoms in total. The lowest BCUT2D eigenvalue weighted by Crippen LogP contribution is -2.57. The molecule has 0 spiro atoms. The van der Waals surface area contributed by atoms with E-state index in [1.807, 2.05) is 51.1 Å². The number of halogens is 4. The molecule has 1 unspecified atom stereocenters. The van der Waals surface area contributed by atoms with Crippen molar-refractivity contribution in [2.24, 2.45) is 16.5 Å². The van der Waals surface area contributed by atoms with Gasteiger partial charge in [-0.3, -0.25) is 14.9 Å². The van der Waals surface area contributed by atoms with Crippen molar-refractivity contribution in [3.8, 4) is 5.69 Å². The lowest BCUT2D eigenvalue weighted by Gasteiger charge is -2.33. The number of alkyl halides is 4. The highest BCUT2D eigenvalue weighted by atomic mass is 19.4. The quantitative estimate of drug-likeness (QED) is 0.0786. The molecule has 2 atom stereocenters. The number of aliphatic imine (C=N–C) groups is 1. The van der Waals surface area contributed by atoms with E-state index in [0.717, 1.165) is 22.2 Å². The molecule has 0 saturated carbocycles. The van der Waals surface area contributed by atoms with Gasteiger partial charge in [0.2, 0.25) is 0 Å². The largest absolute Gasteiger partial charge is 0.407 e. The smallest absolute Gasteiger partial charge is 0.370 e. The van der Waals surface area contributed by atoms with Crippen molar-refractivity contribution < 1.29 is 17.6 Å². The van der Waals surface area contributed by atoms with Crippen molar-refractivity contribution >= 4 is 17.0 Å². The number of guanidine groups is 1. The van der Waals surface area contributed by atoms with Crippen LogP contribution in [0, 0.1) is 0 Å². The Balaban J connectivity index is 0.000000244. The van der Waals surface area contributed by atoms with Crippen LogP contribution in [0.15, 0.2) is 70.6 Å². The molecule has 0 radical (unpaired) electrons. The number of benzene rings is 2. The SMILES string of the molecule is CC(C)(C)c1cc2cn(-c3ccc(CNC[C@H](F)CN=C(N)N)cc3)c(=O)nc2[nH]1.CC(C)(C)c1ccc(C(NC2CNC2)C(F)(F)F)cc1. The number of rotatable bonds is 10. The molecular formula is C36H49F4N9O. The Labute approximate surface area is 290 Å². The molecule has 8 N–H and O–H groups in total. The summed E-state index contributed by atoms with van der Waals surface area (Å²) >= 11 is 0. The number of hydrogen-bond donors (Lipinski definition) is 6. The highest BCUT2D eigenvalue weighted by Gasteiger charge is 2.42. The van der Waals surface area contributed by atoms with Crippen molar-refractivity contribution in [3.63, 3.8) is 0 Å². The first-order valence-electron chi connectivity index (χ1n) is 16.6. The van der Waals surface area contributed by atoms with Gasteiger partial charge in [0.15, 0.2) is 5.96 Å². The Morgan fingerprint density at radius 2 is 1.64 bits per heavy atom. The molecule has 2 aromatic heterocycles. The number of H-pyrrole nitrogens is 1. The molecule has 3 heterocycles. The molecule has 0 aliphatic carbocycles. The van der Waals surface area contributed by atoms with Crippen LogP contribution in [-0.4, -0.2) is 65.1 Å². The van der Waals surface area contributed by atoms with Crippen molar-refractivity contribution in [1.82, 2.24) is 30.5 Å². The molecule has 5 rings (SSSR count). The van der Waals surface area contributed by atoms with Crippen LogP contribution >= 0.6 is 0 Å². The molecule has 50 heavy (non-hydrogen) atoms. The Morgan fingerprint density at radius 1 is 1.00 bits per heavy atom. The van der Waals surface area contributed by atoms with E-state index in [0.29, 0.717) is 31.0 Å². The third-order valence-electron chi connectivity index (χ3n) is 8.32. The molecule has 1 aliphatic rings. The molecule has 1 aliphatic heterocycles. The molecular weight excluding hydrogens is 650 g/mol. The van der Waals surface area contributed by atoms with E-state index in [1.54, 1.807) is 30.5 Å². The van der Waals surface area contributed by atoms with Crippen LogP contribution in [0.25, 0.3) is 16.7 Å². The standard InChI is InChI=1S/C21H28FN7O.C15H21F3N2/c1-21(2,3)17-8-14-12-29(20(30)28-18(14)27-17)16-6-4-13(5-7-16)9-25-10-15(22)11-26-19(23)24;1-14(2,3)11-6-4-10(5-7-11)13(15(16,17)18)20-12-8-19-9-12/h4-8,12,15,25H,9-11H2,1-3H3,(H4,23,24,26)(H,27,28,30);4-7,12-13,19-20H,8-9H2,1-3H3/t15-;/m0./s1. The van der Waals surface area contributed by atoms with Gasteiger partial charge in [-0.25, -0.2) is 9.18 Å². The summed E-state index contributed by atoms with van der Waals surface area (Å²) in [5.41, 5.74) is 14.5. The lowest BCUT2D eigenvalue weighted by atomic mass is 9.86. The van der Waals surface area contributed by atoms with E-state index < -0.39 is 18.4 Å². The van der Waals surface area contributed by atoms with Crippen molar-refractivity contribution in [1.29, 1.82) is 0 Å². The normalized spacial score (nSPS) is 15.2. The first kappa shape index (κ1) is 38.5. The summed E-state index contributed by atoms with van der Waals surface area (Å²) in [5, 5.41) is 9.55. The van der Waals surface area contributed by atoms with Crippen molar-refractivity contribution in [2.45, 2.75) is 83.3 Å². The summed E-state index contributed by atoms with van der Waals surface area (Å²) in [5.74, 6) is -0.120. The minimum atomic E-state index is -4.28. The van der Waals surface area contributed by atoms with Gasteiger partial charge in [-0.1, -0.05) is 77.9 Å². The Morgan fingerprint density at radius 3 is 2.16 bits per heavy atom.